The van der Waals surface area contributed by atoms with Crippen LogP contribution in [0.15, 0.2) is 64.8 Å². The fourth-order valence-corrected chi connectivity index (χ4v) is 3.37. The first kappa shape index (κ1) is 19.2. The number of amidine groups is 1. The van der Waals surface area contributed by atoms with E-state index in [4.69, 9.17) is 5.73 Å². The van der Waals surface area contributed by atoms with Crippen LogP contribution in [-0.4, -0.2) is 33.4 Å². The number of nitro groups is 1. The van der Waals surface area contributed by atoms with E-state index in [1.165, 1.54) is 30.5 Å². The minimum Gasteiger partial charge on any atom is -0.377 e. The number of rotatable bonds is 5. The molecule has 1 unspecified atom stereocenters. The van der Waals surface area contributed by atoms with E-state index in [-0.39, 0.29) is 29.1 Å². The first-order valence-electron chi connectivity index (χ1n) is 8.15. The molecular formula is C18H15N5O4S. The second-order valence-corrected chi connectivity index (χ2v) is 6.97. The number of anilines is 1. The van der Waals surface area contributed by atoms with Gasteiger partial charge in [-0.3, -0.25) is 19.7 Å². The van der Waals surface area contributed by atoms with Crippen molar-refractivity contribution >= 4 is 46.3 Å². The van der Waals surface area contributed by atoms with E-state index in [0.717, 1.165) is 16.7 Å². The van der Waals surface area contributed by atoms with Gasteiger partial charge in [-0.2, -0.15) is 5.10 Å². The maximum Gasteiger partial charge on any atom is 0.269 e. The van der Waals surface area contributed by atoms with Gasteiger partial charge >= 0.3 is 0 Å². The number of imide groups is 1. The highest BCUT2D eigenvalue weighted by molar-refractivity contribution is 8.14. The third kappa shape index (κ3) is 4.41. The normalized spacial score (nSPS) is 17.5. The average Bonchev–Trinajstić information content (AvgIpc) is 2.96. The molecule has 28 heavy (non-hydrogen) atoms. The summed E-state index contributed by atoms with van der Waals surface area (Å²) in [7, 11) is 0. The van der Waals surface area contributed by atoms with Crippen molar-refractivity contribution in [2.75, 3.05) is 4.90 Å². The van der Waals surface area contributed by atoms with E-state index >= 15 is 0 Å². The number of para-hydroxylation sites is 1. The summed E-state index contributed by atoms with van der Waals surface area (Å²) in [5.74, 6) is -0.644. The van der Waals surface area contributed by atoms with Crippen molar-refractivity contribution in [3.05, 3.63) is 70.3 Å². The number of hydrogen-bond acceptors (Lipinski definition) is 7. The Morgan fingerprint density at radius 3 is 2.50 bits per heavy atom. The Labute approximate surface area is 164 Å². The van der Waals surface area contributed by atoms with Crippen molar-refractivity contribution in [1.82, 2.24) is 0 Å². The van der Waals surface area contributed by atoms with Gasteiger partial charge in [0.1, 0.15) is 5.25 Å². The Kier molecular flexibility index (Phi) is 5.80. The molecule has 0 spiro atoms. The molecule has 2 N–H and O–H groups in total. The summed E-state index contributed by atoms with van der Waals surface area (Å²) >= 11 is 0.972. The van der Waals surface area contributed by atoms with Crippen molar-refractivity contribution in [2.24, 2.45) is 15.9 Å². The minimum atomic E-state index is -0.661. The van der Waals surface area contributed by atoms with E-state index < -0.39 is 10.2 Å². The number of amides is 2. The molecule has 3 rings (SSSR count). The SMILES string of the molecule is N/C(=N/N=C/c1ccc([N+](=O)[O-])cc1)SC1CC(=O)N(c2ccccc2)C1=O. The molecule has 1 fully saturated rings. The van der Waals surface area contributed by atoms with E-state index in [1.54, 1.807) is 30.3 Å². The topological polar surface area (TPSA) is 131 Å². The molecule has 0 aromatic heterocycles. The molecule has 10 heteroatoms. The molecule has 0 aliphatic carbocycles. The van der Waals surface area contributed by atoms with Gasteiger partial charge < -0.3 is 5.73 Å². The van der Waals surface area contributed by atoms with Crippen LogP contribution >= 0.6 is 11.8 Å². The molecule has 9 nitrogen and oxygen atoms in total. The molecule has 0 radical (unpaired) electrons. The number of carbonyl (C=O) groups excluding carboxylic acids is 2. The van der Waals surface area contributed by atoms with Gasteiger partial charge in [-0.05, 0) is 29.8 Å². The Balaban J connectivity index is 1.62. The number of nitrogens with zero attached hydrogens (tertiary/aromatic N) is 4. The van der Waals surface area contributed by atoms with Gasteiger partial charge in [-0.1, -0.05) is 30.0 Å². The zero-order valence-corrected chi connectivity index (χ0v) is 15.3. The van der Waals surface area contributed by atoms with E-state index in [1.807, 2.05) is 0 Å². The summed E-state index contributed by atoms with van der Waals surface area (Å²) in [6.45, 7) is 0. The Bertz CT molecular complexity index is 960. The first-order valence-corrected chi connectivity index (χ1v) is 9.03. The predicted octanol–water partition coefficient (Wildman–Crippen LogP) is 2.31. The highest BCUT2D eigenvalue weighted by Crippen LogP contribution is 2.29. The molecule has 2 amide bonds. The maximum atomic E-state index is 12.5. The van der Waals surface area contributed by atoms with Crippen molar-refractivity contribution in [3.8, 4) is 0 Å². The van der Waals surface area contributed by atoms with Gasteiger partial charge in [-0.15, -0.1) is 5.10 Å². The largest absolute Gasteiger partial charge is 0.377 e. The van der Waals surface area contributed by atoms with Crippen LogP contribution < -0.4 is 10.6 Å². The zero-order valence-electron chi connectivity index (χ0n) is 14.5. The number of benzene rings is 2. The van der Waals surface area contributed by atoms with Crippen LogP contribution in [0.3, 0.4) is 0 Å². The van der Waals surface area contributed by atoms with Gasteiger partial charge in [0.15, 0.2) is 5.17 Å². The molecule has 1 aliphatic heterocycles. The highest BCUT2D eigenvalue weighted by atomic mass is 32.2. The second kappa shape index (κ2) is 8.44. The molecule has 142 valence electrons. The minimum absolute atomic E-state index is 0.0249. The van der Waals surface area contributed by atoms with Crippen molar-refractivity contribution in [1.29, 1.82) is 0 Å². The molecule has 1 aliphatic rings. The molecule has 0 saturated carbocycles. The number of nitro benzene ring substituents is 1. The third-order valence-corrected chi connectivity index (χ3v) is 4.83. The van der Waals surface area contributed by atoms with Crippen LogP contribution in [0.4, 0.5) is 11.4 Å². The maximum absolute atomic E-state index is 12.5. The fourth-order valence-electron chi connectivity index (χ4n) is 2.55. The standard InChI is InChI=1S/C18H15N5O4S/c19-18(21-20-11-12-6-8-14(9-7-12)23(26)27)28-15-10-16(24)22(17(15)25)13-4-2-1-3-5-13/h1-9,11,15H,10H2,(H2,19,21)/b20-11+. The second-order valence-electron chi connectivity index (χ2n) is 5.75. The predicted molar refractivity (Wildman–Crippen MR) is 107 cm³/mol. The molecule has 2 aromatic carbocycles. The number of thioether (sulfide) groups is 1. The van der Waals surface area contributed by atoms with Crippen LogP contribution in [-0.2, 0) is 9.59 Å². The zero-order chi connectivity index (χ0) is 20.1. The summed E-state index contributed by atoms with van der Waals surface area (Å²) in [5.41, 5.74) is 6.90. The summed E-state index contributed by atoms with van der Waals surface area (Å²) < 4.78 is 0. The molecule has 0 bridgehead atoms. The van der Waals surface area contributed by atoms with Gasteiger partial charge in [0.05, 0.1) is 16.8 Å². The van der Waals surface area contributed by atoms with Crippen molar-refractivity contribution in [2.45, 2.75) is 11.7 Å². The molecular weight excluding hydrogens is 382 g/mol. The van der Waals surface area contributed by atoms with Crippen LogP contribution in [0.5, 0.6) is 0 Å². The Hall–Kier alpha value is -3.53. The number of nitrogens with two attached hydrogens (primary N) is 1. The number of hydrogen-bond donors (Lipinski definition) is 1. The van der Waals surface area contributed by atoms with E-state index in [9.17, 15) is 19.7 Å². The average molecular weight is 397 g/mol. The summed E-state index contributed by atoms with van der Waals surface area (Å²) in [6.07, 6.45) is 1.41. The van der Waals surface area contributed by atoms with Crippen molar-refractivity contribution in [3.63, 3.8) is 0 Å². The van der Waals surface area contributed by atoms with Crippen LogP contribution in [0.1, 0.15) is 12.0 Å². The number of non-ortho nitro benzene ring substituents is 1. The lowest BCUT2D eigenvalue weighted by molar-refractivity contribution is -0.384. The monoisotopic (exact) mass is 397 g/mol. The van der Waals surface area contributed by atoms with Crippen LogP contribution in [0.2, 0.25) is 0 Å². The Morgan fingerprint density at radius 1 is 1.18 bits per heavy atom. The lowest BCUT2D eigenvalue weighted by atomic mass is 10.2. The van der Waals surface area contributed by atoms with Gasteiger partial charge in [0.25, 0.3) is 5.69 Å². The van der Waals surface area contributed by atoms with Crippen LogP contribution in [0, 0.1) is 10.1 Å². The third-order valence-electron chi connectivity index (χ3n) is 3.85. The lowest BCUT2D eigenvalue weighted by Gasteiger charge is -2.14. The fraction of sp³-hybridized carbons (Fsp3) is 0.111. The lowest BCUT2D eigenvalue weighted by Crippen LogP contribution is -2.31. The molecule has 1 atom stereocenters. The molecule has 1 heterocycles. The summed E-state index contributed by atoms with van der Waals surface area (Å²) in [5, 5.41) is 17.6. The van der Waals surface area contributed by atoms with Gasteiger partial charge in [0, 0.05) is 18.6 Å². The summed E-state index contributed by atoms with van der Waals surface area (Å²) in [4.78, 5) is 36.0. The van der Waals surface area contributed by atoms with Crippen LogP contribution in [0.25, 0.3) is 0 Å². The first-order chi connectivity index (χ1) is 13.5. The smallest absolute Gasteiger partial charge is 0.269 e. The quantitative estimate of drug-likeness (QED) is 0.271. The van der Waals surface area contributed by atoms with E-state index in [2.05, 4.69) is 10.2 Å². The van der Waals surface area contributed by atoms with Crippen molar-refractivity contribution < 1.29 is 14.5 Å². The Morgan fingerprint density at radius 2 is 1.86 bits per heavy atom. The van der Waals surface area contributed by atoms with E-state index in [0.29, 0.717) is 11.3 Å². The number of carbonyl (C=O) groups is 2. The summed E-state index contributed by atoms with van der Waals surface area (Å²) in [6, 6.07) is 14.4. The molecule has 2 aromatic rings. The highest BCUT2D eigenvalue weighted by Gasteiger charge is 2.40. The molecule has 1 saturated heterocycles. The van der Waals surface area contributed by atoms with Gasteiger partial charge in [-0.25, -0.2) is 4.90 Å². The van der Waals surface area contributed by atoms with Gasteiger partial charge in [0.2, 0.25) is 11.8 Å².